The molecule has 1 aromatic carbocycles. The summed E-state index contributed by atoms with van der Waals surface area (Å²) in [4.78, 5) is 2.24. The molecule has 0 aliphatic rings. The second-order valence-corrected chi connectivity index (χ2v) is 6.62. The maximum atomic E-state index is 6.25. The summed E-state index contributed by atoms with van der Waals surface area (Å²) in [6.07, 6.45) is 2.58. The molecule has 2 N–H and O–H groups in total. The van der Waals surface area contributed by atoms with Gasteiger partial charge in [-0.05, 0) is 50.7 Å². The van der Waals surface area contributed by atoms with Crippen molar-refractivity contribution in [1.29, 1.82) is 0 Å². The summed E-state index contributed by atoms with van der Waals surface area (Å²) in [5, 5.41) is 0.713. The maximum Gasteiger partial charge on any atom is 0.105 e. The first-order valence-corrected chi connectivity index (χ1v) is 8.06. The van der Waals surface area contributed by atoms with Gasteiger partial charge in [0, 0.05) is 27.6 Å². The number of benzene rings is 1. The Labute approximate surface area is 139 Å². The summed E-state index contributed by atoms with van der Waals surface area (Å²) in [6.45, 7) is 3.75. The normalized spacial score (nSPS) is 12.9. The summed E-state index contributed by atoms with van der Waals surface area (Å²) in [7, 11) is 2.09. The van der Waals surface area contributed by atoms with E-state index in [1.165, 1.54) is 5.56 Å². The Kier molecular flexibility index (Phi) is 5.88. The maximum absolute atomic E-state index is 6.25. The van der Waals surface area contributed by atoms with Crippen LogP contribution in [0.25, 0.3) is 0 Å². The van der Waals surface area contributed by atoms with Gasteiger partial charge in [-0.15, -0.1) is 0 Å². The average Bonchev–Trinajstić information content (AvgIpc) is 2.81. The molecule has 2 aromatic rings. The van der Waals surface area contributed by atoms with Crippen molar-refractivity contribution in [3.8, 4) is 0 Å². The van der Waals surface area contributed by atoms with E-state index in [0.29, 0.717) is 5.02 Å². The van der Waals surface area contributed by atoms with E-state index < -0.39 is 0 Å². The van der Waals surface area contributed by atoms with Crippen molar-refractivity contribution in [2.45, 2.75) is 25.9 Å². The third kappa shape index (κ3) is 4.58. The third-order valence-corrected chi connectivity index (χ3v) is 4.41. The van der Waals surface area contributed by atoms with Crippen LogP contribution in [-0.2, 0) is 6.54 Å². The van der Waals surface area contributed by atoms with E-state index in [-0.39, 0.29) is 6.04 Å². The van der Waals surface area contributed by atoms with E-state index in [9.17, 15) is 0 Å². The lowest BCUT2D eigenvalue weighted by Gasteiger charge is -2.20. The molecule has 5 heteroatoms. The minimum Gasteiger partial charge on any atom is -0.469 e. The predicted octanol–water partition coefficient (Wildman–Crippen LogP) is 4.53. The van der Waals surface area contributed by atoms with Crippen molar-refractivity contribution >= 4 is 27.5 Å². The van der Waals surface area contributed by atoms with Gasteiger partial charge in [-0.1, -0.05) is 33.6 Å². The lowest BCUT2D eigenvalue weighted by Crippen LogP contribution is -2.23. The first-order chi connectivity index (χ1) is 9.97. The average molecular weight is 372 g/mol. The zero-order chi connectivity index (χ0) is 15.4. The SMILES string of the molecule is Cc1occc1CN(C)CCC(N)c1ccc(Br)cc1Cl. The van der Waals surface area contributed by atoms with Crippen LogP contribution < -0.4 is 5.73 Å². The standard InChI is InChI=1S/C16H20BrClN2O/c1-11-12(6-8-21-11)10-20(2)7-5-16(19)14-4-3-13(17)9-15(14)18/h3-4,6,8-9,16H,5,7,10,19H2,1-2H3. The first-order valence-electron chi connectivity index (χ1n) is 6.89. The summed E-state index contributed by atoms with van der Waals surface area (Å²) >= 11 is 9.64. The Morgan fingerprint density at radius 1 is 1.38 bits per heavy atom. The van der Waals surface area contributed by atoms with Gasteiger partial charge in [0.25, 0.3) is 0 Å². The molecule has 2 rings (SSSR count). The van der Waals surface area contributed by atoms with Crippen LogP contribution in [0.3, 0.4) is 0 Å². The van der Waals surface area contributed by atoms with Crippen LogP contribution in [0.1, 0.15) is 29.3 Å². The number of nitrogens with zero attached hydrogens (tertiary/aromatic N) is 1. The quantitative estimate of drug-likeness (QED) is 0.811. The number of rotatable bonds is 6. The van der Waals surface area contributed by atoms with Gasteiger partial charge in [0.15, 0.2) is 0 Å². The van der Waals surface area contributed by atoms with Gasteiger partial charge in [0.2, 0.25) is 0 Å². The highest BCUT2D eigenvalue weighted by Gasteiger charge is 2.12. The smallest absolute Gasteiger partial charge is 0.105 e. The molecule has 114 valence electrons. The fourth-order valence-corrected chi connectivity index (χ4v) is 3.08. The molecule has 1 heterocycles. The van der Waals surface area contributed by atoms with Crippen LogP contribution in [0.2, 0.25) is 5.02 Å². The second kappa shape index (κ2) is 7.45. The number of hydrogen-bond acceptors (Lipinski definition) is 3. The molecule has 1 atom stereocenters. The topological polar surface area (TPSA) is 42.4 Å². The fourth-order valence-electron chi connectivity index (χ4n) is 2.26. The molecular weight excluding hydrogens is 352 g/mol. The third-order valence-electron chi connectivity index (χ3n) is 3.59. The van der Waals surface area contributed by atoms with Crippen molar-refractivity contribution in [2.24, 2.45) is 5.73 Å². The molecule has 3 nitrogen and oxygen atoms in total. The Hall–Kier alpha value is -0.810. The molecule has 0 bridgehead atoms. The predicted molar refractivity (Wildman–Crippen MR) is 90.5 cm³/mol. The van der Waals surface area contributed by atoms with Crippen LogP contribution in [-0.4, -0.2) is 18.5 Å². The van der Waals surface area contributed by atoms with E-state index in [2.05, 4.69) is 27.9 Å². The monoisotopic (exact) mass is 370 g/mol. The summed E-state index contributed by atoms with van der Waals surface area (Å²) < 4.78 is 6.28. The van der Waals surface area contributed by atoms with Crippen molar-refractivity contribution in [3.63, 3.8) is 0 Å². The zero-order valence-corrected chi connectivity index (χ0v) is 14.6. The largest absolute Gasteiger partial charge is 0.469 e. The van der Waals surface area contributed by atoms with Gasteiger partial charge >= 0.3 is 0 Å². The molecule has 1 aromatic heterocycles. The summed E-state index contributed by atoms with van der Waals surface area (Å²) in [5.74, 6) is 0.974. The van der Waals surface area contributed by atoms with Crippen molar-refractivity contribution in [3.05, 3.63) is 56.9 Å². The van der Waals surface area contributed by atoms with E-state index in [4.69, 9.17) is 21.8 Å². The molecule has 0 fully saturated rings. The summed E-state index contributed by atoms with van der Waals surface area (Å²) in [5.41, 5.74) is 8.46. The molecule has 0 amide bonds. The fraction of sp³-hybridized carbons (Fsp3) is 0.375. The molecule has 0 radical (unpaired) electrons. The van der Waals surface area contributed by atoms with E-state index >= 15 is 0 Å². The van der Waals surface area contributed by atoms with Crippen molar-refractivity contribution < 1.29 is 4.42 Å². The number of nitrogens with two attached hydrogens (primary N) is 1. The number of hydrogen-bond donors (Lipinski definition) is 1. The zero-order valence-electron chi connectivity index (χ0n) is 12.3. The van der Waals surface area contributed by atoms with Gasteiger partial charge in [-0.2, -0.15) is 0 Å². The molecule has 0 aliphatic heterocycles. The van der Waals surface area contributed by atoms with Gasteiger partial charge in [-0.3, -0.25) is 0 Å². The van der Waals surface area contributed by atoms with Crippen LogP contribution in [0.4, 0.5) is 0 Å². The van der Waals surface area contributed by atoms with E-state index in [1.54, 1.807) is 6.26 Å². The lowest BCUT2D eigenvalue weighted by atomic mass is 10.0. The Balaban J connectivity index is 1.88. The Morgan fingerprint density at radius 3 is 2.76 bits per heavy atom. The molecule has 0 saturated heterocycles. The Bertz CT molecular complexity index is 600. The molecular formula is C16H20BrClN2O. The first kappa shape index (κ1) is 16.6. The van der Waals surface area contributed by atoms with Gasteiger partial charge < -0.3 is 15.1 Å². The Morgan fingerprint density at radius 2 is 2.14 bits per heavy atom. The molecule has 0 saturated carbocycles. The van der Waals surface area contributed by atoms with E-state index in [0.717, 1.165) is 35.3 Å². The minimum absolute atomic E-state index is 0.0569. The van der Waals surface area contributed by atoms with Crippen LogP contribution in [0.5, 0.6) is 0 Å². The van der Waals surface area contributed by atoms with Gasteiger partial charge in [-0.25, -0.2) is 0 Å². The van der Waals surface area contributed by atoms with Crippen molar-refractivity contribution in [2.75, 3.05) is 13.6 Å². The number of furan rings is 1. The summed E-state index contributed by atoms with van der Waals surface area (Å²) in [6, 6.07) is 7.79. The van der Waals surface area contributed by atoms with Gasteiger partial charge in [0.05, 0.1) is 6.26 Å². The van der Waals surface area contributed by atoms with Crippen LogP contribution in [0, 0.1) is 6.92 Å². The number of halogens is 2. The second-order valence-electron chi connectivity index (χ2n) is 5.30. The highest BCUT2D eigenvalue weighted by atomic mass is 79.9. The highest BCUT2D eigenvalue weighted by Crippen LogP contribution is 2.27. The van der Waals surface area contributed by atoms with Crippen LogP contribution >= 0.6 is 27.5 Å². The molecule has 21 heavy (non-hydrogen) atoms. The van der Waals surface area contributed by atoms with Crippen molar-refractivity contribution in [1.82, 2.24) is 4.90 Å². The minimum atomic E-state index is -0.0569. The van der Waals surface area contributed by atoms with Crippen LogP contribution in [0.15, 0.2) is 39.4 Å². The van der Waals surface area contributed by atoms with Gasteiger partial charge in [0.1, 0.15) is 5.76 Å². The lowest BCUT2D eigenvalue weighted by molar-refractivity contribution is 0.309. The highest BCUT2D eigenvalue weighted by molar-refractivity contribution is 9.10. The van der Waals surface area contributed by atoms with E-state index in [1.807, 2.05) is 31.2 Å². The molecule has 1 unspecified atom stereocenters. The molecule has 0 aliphatic carbocycles. The molecule has 0 spiro atoms. The number of aryl methyl sites for hydroxylation is 1.